The minimum atomic E-state index is 0.473. The van der Waals surface area contributed by atoms with Gasteiger partial charge in [0.25, 0.3) is 0 Å². The van der Waals surface area contributed by atoms with E-state index in [2.05, 4.69) is 51.4 Å². The van der Waals surface area contributed by atoms with Crippen molar-refractivity contribution in [3.05, 3.63) is 36.8 Å². The molecule has 28 heavy (non-hydrogen) atoms. The van der Waals surface area contributed by atoms with Gasteiger partial charge >= 0.3 is 0 Å². The third kappa shape index (κ3) is 5.00. The van der Waals surface area contributed by atoms with E-state index < -0.39 is 0 Å². The van der Waals surface area contributed by atoms with Crippen LogP contribution in [0.15, 0.2) is 31.3 Å². The summed E-state index contributed by atoms with van der Waals surface area (Å²) in [6.07, 6.45) is 11.4. The Morgan fingerprint density at radius 1 is 1.29 bits per heavy atom. The topological polar surface area (TPSA) is 80.8 Å². The van der Waals surface area contributed by atoms with Crippen molar-refractivity contribution < 1.29 is 0 Å². The second kappa shape index (κ2) is 9.85. The van der Waals surface area contributed by atoms with Gasteiger partial charge in [-0.3, -0.25) is 0 Å². The number of fused-ring (bicyclic) bond motifs is 1. The van der Waals surface area contributed by atoms with Gasteiger partial charge in [0.15, 0.2) is 0 Å². The molecule has 0 spiro atoms. The molecular weight excluding hydrogens is 348 g/mol. The first-order valence-corrected chi connectivity index (χ1v) is 10.4. The normalized spacial score (nSPS) is 19.3. The van der Waals surface area contributed by atoms with Crippen LogP contribution in [0.2, 0.25) is 0 Å². The molecule has 1 saturated carbocycles. The highest BCUT2D eigenvalue weighted by Crippen LogP contribution is 2.38. The van der Waals surface area contributed by atoms with Gasteiger partial charge in [-0.05, 0) is 71.1 Å². The molecule has 2 atom stereocenters. The summed E-state index contributed by atoms with van der Waals surface area (Å²) in [6, 6.07) is 0.473. The van der Waals surface area contributed by atoms with E-state index in [4.69, 9.17) is 5.73 Å². The molecule has 2 aromatic rings. The Hall–Kier alpha value is -2.18. The first-order valence-electron chi connectivity index (χ1n) is 10.4. The van der Waals surface area contributed by atoms with E-state index in [1.54, 1.807) is 6.33 Å². The highest BCUT2D eigenvalue weighted by atomic mass is 15.1. The van der Waals surface area contributed by atoms with Crippen LogP contribution in [0.3, 0.4) is 0 Å². The average Bonchev–Trinajstić information content (AvgIpc) is 3.28. The lowest BCUT2D eigenvalue weighted by Gasteiger charge is -2.15. The largest absolute Gasteiger partial charge is 0.383 e. The molecule has 0 radical (unpaired) electrons. The van der Waals surface area contributed by atoms with Gasteiger partial charge in [0, 0.05) is 17.8 Å². The van der Waals surface area contributed by atoms with Crippen molar-refractivity contribution >= 4 is 22.9 Å². The molecule has 4 N–H and O–H groups in total. The van der Waals surface area contributed by atoms with Crippen LogP contribution >= 0.6 is 0 Å². The maximum absolute atomic E-state index is 6.08. The zero-order chi connectivity index (χ0) is 19.9. The average molecular weight is 383 g/mol. The predicted molar refractivity (Wildman–Crippen MR) is 118 cm³/mol. The zero-order valence-corrected chi connectivity index (χ0v) is 17.1. The Bertz CT molecular complexity index is 809. The lowest BCUT2D eigenvalue weighted by molar-refractivity contribution is 0.452. The quantitative estimate of drug-likeness (QED) is 0.409. The van der Waals surface area contributed by atoms with Crippen molar-refractivity contribution in [2.75, 3.05) is 31.9 Å². The lowest BCUT2D eigenvalue weighted by Crippen LogP contribution is -2.26. The van der Waals surface area contributed by atoms with Crippen LogP contribution in [-0.2, 0) is 0 Å². The Morgan fingerprint density at radius 3 is 2.89 bits per heavy atom. The molecule has 0 aromatic carbocycles. The van der Waals surface area contributed by atoms with Crippen LogP contribution in [-0.4, -0.2) is 40.7 Å². The van der Waals surface area contributed by atoms with Gasteiger partial charge in [0.2, 0.25) is 0 Å². The van der Waals surface area contributed by atoms with Crippen molar-refractivity contribution in [3.8, 4) is 0 Å². The number of aromatic nitrogens is 3. The predicted octanol–water partition coefficient (Wildman–Crippen LogP) is 3.53. The van der Waals surface area contributed by atoms with Gasteiger partial charge in [0.05, 0.1) is 5.39 Å². The highest BCUT2D eigenvalue weighted by molar-refractivity contribution is 5.94. The number of nitrogens with one attached hydrogen (secondary N) is 2. The van der Waals surface area contributed by atoms with E-state index >= 15 is 0 Å². The number of nitrogen functional groups attached to an aromatic ring is 1. The van der Waals surface area contributed by atoms with Gasteiger partial charge in [-0.25, -0.2) is 9.97 Å². The lowest BCUT2D eigenvalue weighted by atomic mass is 10.1. The second-order valence-corrected chi connectivity index (χ2v) is 8.00. The van der Waals surface area contributed by atoms with Crippen molar-refractivity contribution in [1.82, 2.24) is 25.2 Å². The van der Waals surface area contributed by atoms with Gasteiger partial charge in [0.1, 0.15) is 17.8 Å². The van der Waals surface area contributed by atoms with Gasteiger partial charge in [-0.1, -0.05) is 18.2 Å². The molecule has 6 nitrogen and oxygen atoms in total. The number of nitrogens with two attached hydrogens (primary N) is 1. The van der Waals surface area contributed by atoms with Gasteiger partial charge in [-0.2, -0.15) is 0 Å². The molecule has 0 saturated heterocycles. The van der Waals surface area contributed by atoms with Crippen molar-refractivity contribution in [3.63, 3.8) is 0 Å². The fourth-order valence-electron chi connectivity index (χ4n) is 4.13. The van der Waals surface area contributed by atoms with Gasteiger partial charge in [-0.15, -0.1) is 6.58 Å². The Kier molecular flexibility index (Phi) is 7.23. The zero-order valence-electron chi connectivity index (χ0n) is 17.1. The fraction of sp³-hybridized carbons (Fsp3) is 0.545. The molecule has 6 heteroatoms. The summed E-state index contributed by atoms with van der Waals surface area (Å²) in [7, 11) is 0. The molecule has 0 amide bonds. The van der Waals surface area contributed by atoms with Crippen LogP contribution in [0.1, 0.15) is 50.6 Å². The maximum Gasteiger partial charge on any atom is 0.146 e. The second-order valence-electron chi connectivity index (χ2n) is 8.00. The Balaban J connectivity index is 1.45. The summed E-state index contributed by atoms with van der Waals surface area (Å²) in [5.74, 6) is 1.25. The Labute approximate surface area is 168 Å². The molecule has 3 rings (SSSR count). The summed E-state index contributed by atoms with van der Waals surface area (Å²) >= 11 is 0. The monoisotopic (exact) mass is 382 g/mol. The summed E-state index contributed by atoms with van der Waals surface area (Å²) in [5.41, 5.74) is 9.28. The van der Waals surface area contributed by atoms with E-state index in [0.717, 1.165) is 55.6 Å². The smallest absolute Gasteiger partial charge is 0.146 e. The SMILES string of the molecule is C=Cc1cn([C@H]2CC[C@@H](CNCCCNCCC(=C)C)C2)c2ncnc(N)c12. The molecule has 0 aliphatic heterocycles. The van der Waals surface area contributed by atoms with Gasteiger partial charge < -0.3 is 20.9 Å². The summed E-state index contributed by atoms with van der Waals surface area (Å²) in [5, 5.41) is 8.03. The molecule has 1 fully saturated rings. The maximum atomic E-state index is 6.08. The Morgan fingerprint density at radius 2 is 2.11 bits per heavy atom. The van der Waals surface area contributed by atoms with Crippen molar-refractivity contribution in [1.29, 1.82) is 0 Å². The number of hydrogen-bond donors (Lipinski definition) is 3. The van der Waals surface area contributed by atoms with E-state index in [1.807, 2.05) is 6.08 Å². The van der Waals surface area contributed by atoms with Crippen molar-refractivity contribution in [2.24, 2.45) is 5.92 Å². The third-order valence-electron chi connectivity index (χ3n) is 5.66. The van der Waals surface area contributed by atoms with Crippen molar-refractivity contribution in [2.45, 2.75) is 45.1 Å². The third-order valence-corrected chi connectivity index (χ3v) is 5.66. The molecule has 2 aromatic heterocycles. The van der Waals surface area contributed by atoms with E-state index in [1.165, 1.54) is 24.8 Å². The molecule has 0 unspecified atom stereocenters. The number of rotatable bonds is 11. The molecule has 1 aliphatic rings. The van der Waals surface area contributed by atoms with Crippen LogP contribution < -0.4 is 16.4 Å². The number of anilines is 1. The van der Waals surface area contributed by atoms with E-state index in [-0.39, 0.29) is 0 Å². The van der Waals surface area contributed by atoms with Crippen LogP contribution in [0.5, 0.6) is 0 Å². The summed E-state index contributed by atoms with van der Waals surface area (Å²) < 4.78 is 2.29. The first-order chi connectivity index (χ1) is 13.6. The first kappa shape index (κ1) is 20.6. The fourth-order valence-corrected chi connectivity index (χ4v) is 4.13. The highest BCUT2D eigenvalue weighted by Gasteiger charge is 2.27. The van der Waals surface area contributed by atoms with E-state index in [0.29, 0.717) is 17.8 Å². The molecule has 0 bridgehead atoms. The minimum absolute atomic E-state index is 0.473. The summed E-state index contributed by atoms with van der Waals surface area (Å²) in [4.78, 5) is 8.64. The molecule has 1 aliphatic carbocycles. The molecule has 2 heterocycles. The van der Waals surface area contributed by atoms with E-state index in [9.17, 15) is 0 Å². The molecular formula is C22H34N6. The summed E-state index contributed by atoms with van der Waals surface area (Å²) in [6.45, 7) is 14.2. The molecule has 152 valence electrons. The number of hydrogen-bond acceptors (Lipinski definition) is 5. The number of nitrogens with zero attached hydrogens (tertiary/aromatic N) is 3. The van der Waals surface area contributed by atoms with Crippen LogP contribution in [0.4, 0.5) is 5.82 Å². The van der Waals surface area contributed by atoms with Crippen LogP contribution in [0.25, 0.3) is 17.1 Å². The van der Waals surface area contributed by atoms with Crippen LogP contribution in [0, 0.1) is 5.92 Å². The standard InChI is InChI=1S/C22H34N6/c1-4-18-14-28(22-20(18)21(23)26-15-27-22)19-7-6-17(12-19)13-25-10-5-9-24-11-8-16(2)3/h4,14-15,17,19,24-25H,1-2,5-13H2,3H3,(H2,23,26,27)/t17-,19+/m1/s1. The minimum Gasteiger partial charge on any atom is -0.383 e.